The molecule has 290 valence electrons. The lowest BCUT2D eigenvalue weighted by molar-refractivity contribution is -0.132. The maximum Gasteiger partial charge on any atom is 0.294 e. The molecule has 7 nitrogen and oxygen atoms in total. The van der Waals surface area contributed by atoms with Gasteiger partial charge in [-0.1, -0.05) is 135 Å². The van der Waals surface area contributed by atoms with Crippen LogP contribution in [0.1, 0.15) is 72.9 Å². The molecular weight excluding hydrogens is 767 g/mol. The van der Waals surface area contributed by atoms with Crippen LogP contribution in [0.4, 0.5) is 11.4 Å². The summed E-state index contributed by atoms with van der Waals surface area (Å²) in [6.45, 7) is 5.48. The maximum absolute atomic E-state index is 13.5. The molecule has 0 N–H and O–H groups in total. The number of thioether (sulfide) groups is 1. The number of nitrogens with zero attached hydrogens (tertiary/aromatic N) is 3. The number of ether oxygens (including phenoxy) is 1. The molecule has 1 fully saturated rings. The minimum Gasteiger partial charge on any atom is -0.446 e. The van der Waals surface area contributed by atoms with E-state index in [-0.39, 0.29) is 18.2 Å². The number of rotatable bonds is 14. The number of hydrogen-bond acceptors (Lipinski definition) is 8. The number of carbonyl (C=O) groups excluding carboxylic acids is 2. The SMILES string of the molecule is CCCCCCN1c2ccc(C=C(c3ccccc3)c3ccccc3)cc2CCc2cc(/C=C/C=c3/s/c(=C4/SC(=S)N(CC)C4=O)n(COC=O)c3=O)ccc21. The van der Waals surface area contributed by atoms with Gasteiger partial charge < -0.3 is 9.64 Å². The van der Waals surface area contributed by atoms with Gasteiger partial charge in [0.15, 0.2) is 6.73 Å². The normalized spacial score (nSPS) is 15.2. The van der Waals surface area contributed by atoms with Crippen LogP contribution in [0.25, 0.3) is 28.7 Å². The van der Waals surface area contributed by atoms with E-state index < -0.39 is 0 Å². The minimum atomic E-state index is -0.337. The van der Waals surface area contributed by atoms with Crippen LogP contribution < -0.4 is 19.7 Å². The highest BCUT2D eigenvalue weighted by molar-refractivity contribution is 8.30. The second-order valence-electron chi connectivity index (χ2n) is 13.9. The van der Waals surface area contributed by atoms with Crippen molar-refractivity contribution >= 4 is 92.1 Å². The van der Waals surface area contributed by atoms with E-state index in [0.717, 1.165) is 43.1 Å². The van der Waals surface area contributed by atoms with Gasteiger partial charge in [0.1, 0.15) is 13.9 Å². The number of fused-ring (bicyclic) bond motifs is 2. The number of unbranched alkanes of at least 4 members (excludes halogenated alkanes) is 3. The summed E-state index contributed by atoms with van der Waals surface area (Å²) < 4.78 is 7.57. The first-order chi connectivity index (χ1) is 27.9. The number of benzene rings is 4. The van der Waals surface area contributed by atoms with Gasteiger partial charge in [0.2, 0.25) is 0 Å². The van der Waals surface area contributed by atoms with E-state index in [1.54, 1.807) is 6.08 Å². The molecule has 0 spiro atoms. The van der Waals surface area contributed by atoms with Crippen LogP contribution in [-0.4, -0.2) is 39.3 Å². The average molecular weight is 812 g/mol. The van der Waals surface area contributed by atoms with Crippen molar-refractivity contribution in [3.05, 3.63) is 156 Å². The Bertz CT molecular complexity index is 2480. The summed E-state index contributed by atoms with van der Waals surface area (Å²) in [5.74, 6) is -0.251. The highest BCUT2D eigenvalue weighted by Crippen LogP contribution is 2.38. The zero-order chi connectivity index (χ0) is 39.7. The summed E-state index contributed by atoms with van der Waals surface area (Å²) in [4.78, 5) is 42.0. The molecule has 7 rings (SSSR count). The Labute approximate surface area is 347 Å². The molecule has 4 aromatic carbocycles. The third-order valence-corrected chi connectivity index (χ3v) is 13.0. The summed E-state index contributed by atoms with van der Waals surface area (Å²) in [5, 5.41) is 0. The molecule has 0 atom stereocenters. The first-order valence-corrected chi connectivity index (χ1v) is 21.5. The van der Waals surface area contributed by atoms with E-state index in [4.69, 9.17) is 17.0 Å². The summed E-state index contributed by atoms with van der Waals surface area (Å²) in [6.07, 6.45) is 14.5. The third kappa shape index (κ3) is 8.99. The molecule has 1 saturated heterocycles. The standard InChI is InChI=1S/C47H45N3O4S3/c1-3-5-6-13-27-49-40-25-21-33(15-14-20-42-44(52)50(31-54-32-51)46(56-42)43-45(53)48(4-2)47(55)57-43)28-37(40)23-24-38-29-34(22-26-41(38)49)30-39(35-16-9-7-10-17-35)36-18-11-8-12-19-36/h7-12,14-22,25-26,28-30,32H,3-6,13,23-24,27,31H2,1-2H3/b15-14+,42-20+,46-43+. The highest BCUT2D eigenvalue weighted by Gasteiger charge is 2.33. The molecule has 0 radical (unpaired) electrons. The van der Waals surface area contributed by atoms with E-state index in [9.17, 15) is 14.4 Å². The number of carbonyl (C=O) groups is 2. The van der Waals surface area contributed by atoms with Crippen LogP contribution >= 0.6 is 35.3 Å². The lowest BCUT2D eigenvalue weighted by atomic mass is 9.94. The molecule has 2 aliphatic heterocycles. The predicted molar refractivity (Wildman–Crippen MR) is 241 cm³/mol. The number of anilines is 2. The van der Waals surface area contributed by atoms with Crippen molar-refractivity contribution in [1.82, 2.24) is 9.47 Å². The van der Waals surface area contributed by atoms with E-state index in [1.165, 1.54) is 84.8 Å². The Morgan fingerprint density at radius 1 is 0.807 bits per heavy atom. The average Bonchev–Trinajstić information content (AvgIpc) is 3.65. The van der Waals surface area contributed by atoms with Gasteiger partial charge in [-0.25, -0.2) is 0 Å². The monoisotopic (exact) mass is 811 g/mol. The molecule has 0 saturated carbocycles. The lowest BCUT2D eigenvalue weighted by Gasteiger charge is -2.27. The van der Waals surface area contributed by atoms with Gasteiger partial charge >= 0.3 is 0 Å². The summed E-state index contributed by atoms with van der Waals surface area (Å²) >= 11 is 7.76. The van der Waals surface area contributed by atoms with Crippen LogP contribution in [0.3, 0.4) is 0 Å². The lowest BCUT2D eigenvalue weighted by Crippen LogP contribution is -2.34. The Balaban J connectivity index is 1.21. The van der Waals surface area contributed by atoms with Crippen molar-refractivity contribution in [2.45, 2.75) is 59.1 Å². The van der Waals surface area contributed by atoms with Gasteiger partial charge in [-0.15, -0.1) is 11.3 Å². The van der Waals surface area contributed by atoms with Gasteiger partial charge in [0.25, 0.3) is 17.9 Å². The molecule has 5 aromatic rings. The largest absolute Gasteiger partial charge is 0.446 e. The smallest absolute Gasteiger partial charge is 0.294 e. The molecule has 0 unspecified atom stereocenters. The molecule has 0 aliphatic carbocycles. The van der Waals surface area contributed by atoms with Gasteiger partial charge in [-0.3, -0.25) is 23.9 Å². The van der Waals surface area contributed by atoms with Gasteiger partial charge in [0, 0.05) is 24.5 Å². The topological polar surface area (TPSA) is 71.8 Å². The maximum atomic E-state index is 13.5. The number of aromatic nitrogens is 1. The van der Waals surface area contributed by atoms with E-state index in [1.807, 2.05) is 19.1 Å². The van der Waals surface area contributed by atoms with Crippen LogP contribution in [0.5, 0.6) is 0 Å². The number of thiocarbonyl (C=S) groups is 1. The molecule has 1 amide bonds. The molecule has 3 heterocycles. The van der Waals surface area contributed by atoms with E-state index >= 15 is 0 Å². The number of thiazole rings is 1. The van der Waals surface area contributed by atoms with Crippen molar-refractivity contribution in [1.29, 1.82) is 0 Å². The van der Waals surface area contributed by atoms with Crippen LogP contribution in [0.2, 0.25) is 0 Å². The Morgan fingerprint density at radius 2 is 1.46 bits per heavy atom. The molecule has 2 aliphatic rings. The molecule has 1 aromatic heterocycles. The Morgan fingerprint density at radius 3 is 2.07 bits per heavy atom. The molecule has 0 bridgehead atoms. The minimum absolute atomic E-state index is 0.251. The molecule has 57 heavy (non-hydrogen) atoms. The van der Waals surface area contributed by atoms with E-state index in [0.29, 0.717) is 31.4 Å². The number of hydrogen-bond donors (Lipinski definition) is 0. The molecule has 10 heteroatoms. The summed E-state index contributed by atoms with van der Waals surface area (Å²) in [7, 11) is 0. The van der Waals surface area contributed by atoms with Gasteiger partial charge in [-0.2, -0.15) is 0 Å². The predicted octanol–water partition coefficient (Wildman–Crippen LogP) is 8.93. The van der Waals surface area contributed by atoms with Gasteiger partial charge in [0.05, 0.1) is 4.53 Å². The highest BCUT2D eigenvalue weighted by atomic mass is 32.2. The van der Waals surface area contributed by atoms with Crippen molar-refractivity contribution in [2.24, 2.45) is 0 Å². The van der Waals surface area contributed by atoms with Crippen molar-refractivity contribution in [3.8, 4) is 0 Å². The van der Waals surface area contributed by atoms with E-state index in [2.05, 4.69) is 115 Å². The fourth-order valence-electron chi connectivity index (χ4n) is 7.37. The van der Waals surface area contributed by atoms with Crippen LogP contribution in [0.15, 0.2) is 108 Å². The zero-order valence-corrected chi connectivity index (χ0v) is 34.6. The number of aryl methyl sites for hydroxylation is 2. The fraction of sp³-hybridized carbons (Fsp3) is 0.234. The Hall–Kier alpha value is -5.29. The van der Waals surface area contributed by atoms with Gasteiger partial charge in [-0.05, 0) is 102 Å². The Kier molecular flexibility index (Phi) is 13.1. The number of allylic oxidation sites excluding steroid dienone is 1. The van der Waals surface area contributed by atoms with Crippen molar-refractivity contribution < 1.29 is 14.3 Å². The van der Waals surface area contributed by atoms with Crippen LogP contribution in [-0.2, 0) is 33.9 Å². The first kappa shape index (κ1) is 39.9. The third-order valence-electron chi connectivity index (χ3n) is 10.2. The second-order valence-corrected chi connectivity index (χ2v) is 16.6. The van der Waals surface area contributed by atoms with Crippen LogP contribution in [0, 0.1) is 0 Å². The summed E-state index contributed by atoms with van der Waals surface area (Å²) in [6, 6.07) is 34.7. The van der Waals surface area contributed by atoms with Crippen molar-refractivity contribution in [2.75, 3.05) is 18.0 Å². The first-order valence-electron chi connectivity index (χ1n) is 19.5. The fourth-order valence-corrected chi connectivity index (χ4v) is 9.96. The van der Waals surface area contributed by atoms with Crippen molar-refractivity contribution in [3.63, 3.8) is 0 Å². The quantitative estimate of drug-likeness (QED) is 0.0480. The summed E-state index contributed by atoms with van der Waals surface area (Å²) in [5.41, 5.74) is 10.6. The number of amides is 1. The second kappa shape index (κ2) is 18.8. The molecular formula is C47H45N3O4S3. The zero-order valence-electron chi connectivity index (χ0n) is 32.2.